The summed E-state index contributed by atoms with van der Waals surface area (Å²) in [5.74, 6) is -1.91. The van der Waals surface area contributed by atoms with Gasteiger partial charge in [-0.15, -0.1) is 5.06 Å². The molecule has 0 aromatic carbocycles. The predicted molar refractivity (Wildman–Crippen MR) is 78.4 cm³/mol. The number of imide groups is 1. The van der Waals surface area contributed by atoms with Gasteiger partial charge in [0.25, 0.3) is 5.91 Å². The second kappa shape index (κ2) is 5.92. The van der Waals surface area contributed by atoms with E-state index in [1.165, 1.54) is 9.63 Å². The molecule has 0 aliphatic carbocycles. The summed E-state index contributed by atoms with van der Waals surface area (Å²) >= 11 is 0. The standard InChI is InChI=1S/C15H21N3O4/c1-10(2)18(11(3)4)22-14(21)15(17-7-5-6-8-17)9-12(19)16-13(15)20/h5-8,10-11H,9H2,1-4H3,(H,16,19,20)/t15-/m1/s1. The highest BCUT2D eigenvalue weighted by molar-refractivity contribution is 6.17. The number of nitrogens with one attached hydrogen (secondary N) is 1. The Hall–Kier alpha value is -2.15. The van der Waals surface area contributed by atoms with E-state index in [9.17, 15) is 14.4 Å². The number of nitrogens with zero attached hydrogens (tertiary/aromatic N) is 2. The third kappa shape index (κ3) is 2.64. The SMILES string of the molecule is CC(C)N(OC(=O)[C@@]1(n2cccc2)CC(=O)NC1=O)C(C)C. The highest BCUT2D eigenvalue weighted by atomic mass is 16.7. The van der Waals surface area contributed by atoms with E-state index in [1.807, 2.05) is 27.7 Å². The largest absolute Gasteiger partial charge is 0.365 e. The molecule has 22 heavy (non-hydrogen) atoms. The first kappa shape index (κ1) is 16.2. The fraction of sp³-hybridized carbons (Fsp3) is 0.533. The zero-order valence-electron chi connectivity index (χ0n) is 13.2. The van der Waals surface area contributed by atoms with Crippen molar-refractivity contribution in [1.82, 2.24) is 14.9 Å². The van der Waals surface area contributed by atoms with Gasteiger partial charge in [0.15, 0.2) is 0 Å². The summed E-state index contributed by atoms with van der Waals surface area (Å²) in [4.78, 5) is 42.2. The predicted octanol–water partition coefficient (Wildman–Crippen LogP) is 0.807. The first-order valence-electron chi connectivity index (χ1n) is 7.27. The molecule has 2 heterocycles. The van der Waals surface area contributed by atoms with Crippen molar-refractivity contribution < 1.29 is 19.2 Å². The summed E-state index contributed by atoms with van der Waals surface area (Å²) < 4.78 is 1.42. The van der Waals surface area contributed by atoms with Crippen LogP contribution in [-0.4, -0.2) is 39.5 Å². The number of hydroxylamine groups is 2. The molecule has 1 aliphatic rings. The lowest BCUT2D eigenvalue weighted by atomic mass is 9.97. The van der Waals surface area contributed by atoms with Crippen molar-refractivity contribution in [3.63, 3.8) is 0 Å². The lowest BCUT2D eigenvalue weighted by Crippen LogP contribution is -2.52. The number of carbonyl (C=O) groups is 3. The Morgan fingerprint density at radius 2 is 1.77 bits per heavy atom. The Balaban J connectivity index is 2.37. The van der Waals surface area contributed by atoms with Crippen LogP contribution in [0.3, 0.4) is 0 Å². The van der Waals surface area contributed by atoms with Crippen molar-refractivity contribution in [2.24, 2.45) is 0 Å². The minimum atomic E-state index is -1.68. The average molecular weight is 307 g/mol. The van der Waals surface area contributed by atoms with E-state index in [0.717, 1.165) is 0 Å². The van der Waals surface area contributed by atoms with Crippen LogP contribution in [0.1, 0.15) is 34.1 Å². The van der Waals surface area contributed by atoms with Crippen LogP contribution in [0, 0.1) is 0 Å². The molecular weight excluding hydrogens is 286 g/mol. The molecule has 2 rings (SSSR count). The quantitative estimate of drug-likeness (QED) is 0.494. The fourth-order valence-electron chi connectivity index (χ4n) is 2.63. The van der Waals surface area contributed by atoms with E-state index in [-0.39, 0.29) is 18.5 Å². The van der Waals surface area contributed by atoms with Crippen molar-refractivity contribution >= 4 is 17.8 Å². The van der Waals surface area contributed by atoms with Crippen LogP contribution in [0.5, 0.6) is 0 Å². The van der Waals surface area contributed by atoms with E-state index < -0.39 is 23.3 Å². The Labute approximate surface area is 129 Å². The van der Waals surface area contributed by atoms with Gasteiger partial charge in [-0.1, -0.05) is 0 Å². The van der Waals surface area contributed by atoms with Crippen LogP contribution in [0.15, 0.2) is 24.5 Å². The molecule has 1 atom stereocenters. The van der Waals surface area contributed by atoms with Crippen molar-refractivity contribution in [3.05, 3.63) is 24.5 Å². The molecule has 1 aliphatic heterocycles. The monoisotopic (exact) mass is 307 g/mol. The molecule has 120 valence electrons. The number of hydrogen-bond acceptors (Lipinski definition) is 5. The van der Waals surface area contributed by atoms with Crippen molar-refractivity contribution in [2.75, 3.05) is 0 Å². The van der Waals surface area contributed by atoms with Gasteiger partial charge in [0.05, 0.1) is 6.42 Å². The number of hydrogen-bond donors (Lipinski definition) is 1. The second-order valence-corrected chi connectivity index (χ2v) is 5.93. The van der Waals surface area contributed by atoms with Crippen molar-refractivity contribution in [1.29, 1.82) is 0 Å². The van der Waals surface area contributed by atoms with Crippen LogP contribution < -0.4 is 5.32 Å². The van der Waals surface area contributed by atoms with Crippen LogP contribution >= 0.6 is 0 Å². The molecule has 1 saturated heterocycles. The Kier molecular flexibility index (Phi) is 4.37. The van der Waals surface area contributed by atoms with Crippen LogP contribution in [0.25, 0.3) is 0 Å². The first-order chi connectivity index (χ1) is 10.3. The van der Waals surface area contributed by atoms with Crippen molar-refractivity contribution in [3.8, 4) is 0 Å². The normalized spacial score (nSPS) is 21.8. The summed E-state index contributed by atoms with van der Waals surface area (Å²) in [6.07, 6.45) is 2.90. The summed E-state index contributed by atoms with van der Waals surface area (Å²) in [5, 5.41) is 3.71. The molecule has 1 N–H and O–H groups in total. The van der Waals surface area contributed by atoms with E-state index in [2.05, 4.69) is 5.32 Å². The first-order valence-corrected chi connectivity index (χ1v) is 7.27. The molecule has 7 nitrogen and oxygen atoms in total. The topological polar surface area (TPSA) is 80.6 Å². The minimum Gasteiger partial charge on any atom is -0.365 e. The number of carbonyl (C=O) groups excluding carboxylic acids is 3. The molecule has 7 heteroatoms. The van der Waals surface area contributed by atoms with Gasteiger partial charge in [-0.3, -0.25) is 14.9 Å². The van der Waals surface area contributed by atoms with Gasteiger partial charge >= 0.3 is 5.97 Å². The maximum absolute atomic E-state index is 12.7. The van der Waals surface area contributed by atoms with Crippen LogP contribution in [-0.2, 0) is 24.8 Å². The Morgan fingerprint density at radius 1 is 1.23 bits per heavy atom. The van der Waals surface area contributed by atoms with E-state index in [1.54, 1.807) is 24.5 Å². The smallest absolute Gasteiger partial charge is 0.361 e. The molecule has 1 aromatic heterocycles. The minimum absolute atomic E-state index is 0.0502. The lowest BCUT2D eigenvalue weighted by Gasteiger charge is -2.33. The molecule has 0 unspecified atom stereocenters. The van der Waals surface area contributed by atoms with E-state index >= 15 is 0 Å². The highest BCUT2D eigenvalue weighted by Gasteiger charge is 2.56. The van der Waals surface area contributed by atoms with Gasteiger partial charge in [0.1, 0.15) is 0 Å². The number of rotatable bonds is 5. The summed E-state index contributed by atoms with van der Waals surface area (Å²) in [5.41, 5.74) is -1.68. The average Bonchev–Trinajstić information content (AvgIpc) is 3.03. The Bertz CT molecular complexity index is 572. The molecule has 2 amide bonds. The molecular formula is C15H21N3O4. The lowest BCUT2D eigenvalue weighted by molar-refractivity contribution is -0.218. The third-order valence-corrected chi connectivity index (χ3v) is 3.63. The summed E-state index contributed by atoms with van der Waals surface area (Å²) in [6, 6.07) is 3.28. The number of amides is 2. The summed E-state index contributed by atoms with van der Waals surface area (Å²) in [7, 11) is 0. The van der Waals surface area contributed by atoms with Gasteiger partial charge in [-0.05, 0) is 39.8 Å². The maximum Gasteiger partial charge on any atom is 0.361 e. The highest BCUT2D eigenvalue weighted by Crippen LogP contribution is 2.29. The molecule has 0 saturated carbocycles. The molecule has 0 radical (unpaired) electrons. The van der Waals surface area contributed by atoms with Crippen molar-refractivity contribution in [2.45, 2.75) is 51.7 Å². The van der Waals surface area contributed by atoms with Crippen LogP contribution in [0.4, 0.5) is 0 Å². The maximum atomic E-state index is 12.7. The second-order valence-electron chi connectivity index (χ2n) is 5.93. The molecule has 0 bridgehead atoms. The fourth-order valence-corrected chi connectivity index (χ4v) is 2.63. The zero-order chi connectivity index (χ0) is 16.5. The molecule has 1 fully saturated rings. The number of aromatic nitrogens is 1. The zero-order valence-corrected chi connectivity index (χ0v) is 13.2. The molecule has 0 spiro atoms. The van der Waals surface area contributed by atoms with Gasteiger partial charge in [-0.25, -0.2) is 4.79 Å². The van der Waals surface area contributed by atoms with Gasteiger partial charge in [0.2, 0.25) is 11.4 Å². The van der Waals surface area contributed by atoms with E-state index in [0.29, 0.717) is 0 Å². The molecule has 1 aromatic rings. The Morgan fingerprint density at radius 3 is 2.18 bits per heavy atom. The van der Waals surface area contributed by atoms with Gasteiger partial charge < -0.3 is 9.40 Å². The van der Waals surface area contributed by atoms with E-state index in [4.69, 9.17) is 4.84 Å². The van der Waals surface area contributed by atoms with Gasteiger partial charge in [0, 0.05) is 24.5 Å². The summed E-state index contributed by atoms with van der Waals surface area (Å²) in [6.45, 7) is 7.54. The van der Waals surface area contributed by atoms with Crippen LogP contribution in [0.2, 0.25) is 0 Å². The third-order valence-electron chi connectivity index (χ3n) is 3.63. The van der Waals surface area contributed by atoms with Gasteiger partial charge in [-0.2, -0.15) is 0 Å².